The van der Waals surface area contributed by atoms with Crippen molar-refractivity contribution in [1.29, 1.82) is 0 Å². The van der Waals surface area contributed by atoms with Crippen LogP contribution in [0.4, 0.5) is 0 Å². The Hall–Kier alpha value is -1.39. The number of rotatable bonds is 4. The molecular weight excluding hydrogens is 254 g/mol. The topological polar surface area (TPSA) is 49.8 Å². The lowest BCUT2D eigenvalue weighted by atomic mass is 9.92. The molecule has 1 unspecified atom stereocenters. The standard InChI is InChI=1S/C16H23NO3/c1-16(19)8-10-17(11-9-16)12-14(15(18)20-2)13-6-4-3-5-7-13/h3-7,14,19H,8-12H2,1-2H3. The summed E-state index contributed by atoms with van der Waals surface area (Å²) in [4.78, 5) is 14.2. The summed E-state index contributed by atoms with van der Waals surface area (Å²) in [5.74, 6) is -0.460. The minimum Gasteiger partial charge on any atom is -0.469 e. The summed E-state index contributed by atoms with van der Waals surface area (Å²) >= 11 is 0. The van der Waals surface area contributed by atoms with Gasteiger partial charge >= 0.3 is 5.97 Å². The van der Waals surface area contributed by atoms with Crippen LogP contribution in [-0.4, -0.2) is 48.3 Å². The van der Waals surface area contributed by atoms with Gasteiger partial charge in [0, 0.05) is 19.6 Å². The van der Waals surface area contributed by atoms with Crippen LogP contribution in [0.5, 0.6) is 0 Å². The molecule has 0 saturated carbocycles. The zero-order valence-electron chi connectivity index (χ0n) is 12.2. The van der Waals surface area contributed by atoms with E-state index in [4.69, 9.17) is 4.74 Å². The summed E-state index contributed by atoms with van der Waals surface area (Å²) in [6.45, 7) is 4.15. The van der Waals surface area contributed by atoms with Crippen molar-refractivity contribution in [3.63, 3.8) is 0 Å². The molecule has 1 aromatic carbocycles. The number of benzene rings is 1. The minimum atomic E-state index is -0.565. The maximum absolute atomic E-state index is 12.0. The zero-order valence-corrected chi connectivity index (χ0v) is 12.2. The van der Waals surface area contributed by atoms with Gasteiger partial charge in [0.2, 0.25) is 0 Å². The van der Waals surface area contributed by atoms with Gasteiger partial charge in [-0.1, -0.05) is 30.3 Å². The van der Waals surface area contributed by atoms with E-state index in [0.717, 1.165) is 31.5 Å². The van der Waals surface area contributed by atoms with E-state index >= 15 is 0 Å². The number of hydrogen-bond donors (Lipinski definition) is 1. The van der Waals surface area contributed by atoms with E-state index in [1.54, 1.807) is 0 Å². The van der Waals surface area contributed by atoms with Gasteiger partial charge in [0.05, 0.1) is 18.6 Å². The third kappa shape index (κ3) is 3.81. The molecule has 110 valence electrons. The number of likely N-dealkylation sites (tertiary alicyclic amines) is 1. The van der Waals surface area contributed by atoms with Crippen molar-refractivity contribution in [3.05, 3.63) is 35.9 Å². The second-order valence-electron chi connectivity index (χ2n) is 5.78. The van der Waals surface area contributed by atoms with Gasteiger partial charge in [0.15, 0.2) is 0 Å². The highest BCUT2D eigenvalue weighted by molar-refractivity contribution is 5.78. The molecule has 0 aromatic heterocycles. The molecule has 1 atom stereocenters. The molecule has 1 heterocycles. The number of aliphatic hydroxyl groups is 1. The van der Waals surface area contributed by atoms with E-state index in [-0.39, 0.29) is 11.9 Å². The van der Waals surface area contributed by atoms with Crippen LogP contribution in [0.3, 0.4) is 0 Å². The Balaban J connectivity index is 2.04. The number of carbonyl (C=O) groups is 1. The van der Waals surface area contributed by atoms with E-state index in [9.17, 15) is 9.90 Å². The first-order valence-electron chi connectivity index (χ1n) is 7.09. The van der Waals surface area contributed by atoms with Gasteiger partial charge < -0.3 is 14.7 Å². The predicted octanol–water partition coefficient (Wildman–Crippen LogP) is 1.79. The largest absolute Gasteiger partial charge is 0.469 e. The van der Waals surface area contributed by atoms with Gasteiger partial charge in [-0.15, -0.1) is 0 Å². The fourth-order valence-corrected chi connectivity index (χ4v) is 2.62. The molecule has 0 aliphatic carbocycles. The summed E-state index contributed by atoms with van der Waals surface area (Å²) in [7, 11) is 1.43. The average molecular weight is 277 g/mol. The maximum atomic E-state index is 12.0. The number of ether oxygens (including phenoxy) is 1. The number of piperidine rings is 1. The van der Waals surface area contributed by atoms with Gasteiger partial charge in [-0.2, -0.15) is 0 Å². The van der Waals surface area contributed by atoms with Crippen LogP contribution in [0.1, 0.15) is 31.2 Å². The number of esters is 1. The molecule has 20 heavy (non-hydrogen) atoms. The van der Waals surface area contributed by atoms with E-state index < -0.39 is 5.60 Å². The highest BCUT2D eigenvalue weighted by Crippen LogP contribution is 2.25. The smallest absolute Gasteiger partial charge is 0.314 e. The monoisotopic (exact) mass is 277 g/mol. The summed E-state index contributed by atoms with van der Waals surface area (Å²) in [6.07, 6.45) is 1.49. The van der Waals surface area contributed by atoms with Crippen LogP contribution >= 0.6 is 0 Å². The highest BCUT2D eigenvalue weighted by atomic mass is 16.5. The molecule has 0 spiro atoms. The van der Waals surface area contributed by atoms with Crippen LogP contribution in [0.15, 0.2) is 30.3 Å². The quantitative estimate of drug-likeness (QED) is 0.853. The molecule has 4 nitrogen and oxygen atoms in total. The number of nitrogens with zero attached hydrogens (tertiary/aromatic N) is 1. The molecule has 1 aromatic rings. The molecule has 2 rings (SSSR count). The average Bonchev–Trinajstić information content (AvgIpc) is 2.46. The Morgan fingerprint density at radius 3 is 2.50 bits per heavy atom. The molecule has 1 aliphatic rings. The van der Waals surface area contributed by atoms with Gasteiger partial charge in [-0.3, -0.25) is 4.79 Å². The second kappa shape index (κ2) is 6.37. The van der Waals surface area contributed by atoms with Gasteiger partial charge in [0.1, 0.15) is 0 Å². The van der Waals surface area contributed by atoms with Crippen molar-refractivity contribution in [1.82, 2.24) is 4.90 Å². The van der Waals surface area contributed by atoms with Crippen molar-refractivity contribution >= 4 is 5.97 Å². The maximum Gasteiger partial charge on any atom is 0.314 e. The molecular formula is C16H23NO3. The Labute approximate surface area is 120 Å². The van der Waals surface area contributed by atoms with E-state index in [0.29, 0.717) is 6.54 Å². The second-order valence-corrected chi connectivity index (χ2v) is 5.78. The fraction of sp³-hybridized carbons (Fsp3) is 0.562. The van der Waals surface area contributed by atoms with Crippen LogP contribution in [0, 0.1) is 0 Å². The number of carbonyl (C=O) groups excluding carboxylic acids is 1. The van der Waals surface area contributed by atoms with Crippen molar-refractivity contribution < 1.29 is 14.6 Å². The molecule has 1 saturated heterocycles. The fourth-order valence-electron chi connectivity index (χ4n) is 2.62. The minimum absolute atomic E-state index is 0.200. The molecule has 1 aliphatic heterocycles. The molecule has 1 fully saturated rings. The van der Waals surface area contributed by atoms with Crippen LogP contribution in [-0.2, 0) is 9.53 Å². The van der Waals surface area contributed by atoms with Gasteiger partial charge in [0.25, 0.3) is 0 Å². The Morgan fingerprint density at radius 2 is 1.95 bits per heavy atom. The van der Waals surface area contributed by atoms with Crippen LogP contribution < -0.4 is 0 Å². The van der Waals surface area contributed by atoms with Crippen LogP contribution in [0.25, 0.3) is 0 Å². The Morgan fingerprint density at radius 1 is 1.35 bits per heavy atom. The van der Waals surface area contributed by atoms with Crippen LogP contribution in [0.2, 0.25) is 0 Å². The first-order chi connectivity index (χ1) is 9.52. The first kappa shape index (κ1) is 15.0. The number of hydrogen-bond acceptors (Lipinski definition) is 4. The third-order valence-electron chi connectivity index (χ3n) is 4.06. The van der Waals surface area contributed by atoms with E-state index in [1.165, 1.54) is 7.11 Å². The lowest BCUT2D eigenvalue weighted by Crippen LogP contribution is -2.44. The first-order valence-corrected chi connectivity index (χ1v) is 7.09. The van der Waals surface area contributed by atoms with Gasteiger partial charge in [-0.05, 0) is 25.3 Å². The van der Waals surface area contributed by atoms with Gasteiger partial charge in [-0.25, -0.2) is 0 Å². The molecule has 1 N–H and O–H groups in total. The van der Waals surface area contributed by atoms with Crippen molar-refractivity contribution in [2.24, 2.45) is 0 Å². The van der Waals surface area contributed by atoms with Crippen molar-refractivity contribution in [2.45, 2.75) is 31.3 Å². The predicted molar refractivity (Wildman–Crippen MR) is 77.5 cm³/mol. The highest BCUT2D eigenvalue weighted by Gasteiger charge is 2.30. The SMILES string of the molecule is COC(=O)C(CN1CCC(C)(O)CC1)c1ccccc1. The molecule has 0 bridgehead atoms. The normalized spacial score (nSPS) is 20.4. The molecule has 4 heteroatoms. The van der Waals surface area contributed by atoms with Crippen molar-refractivity contribution in [3.8, 4) is 0 Å². The number of methoxy groups -OCH3 is 1. The lowest BCUT2D eigenvalue weighted by Gasteiger charge is -2.37. The van der Waals surface area contributed by atoms with E-state index in [1.807, 2.05) is 37.3 Å². The summed E-state index contributed by atoms with van der Waals surface area (Å²) in [5.41, 5.74) is 0.418. The Bertz CT molecular complexity index is 434. The summed E-state index contributed by atoms with van der Waals surface area (Å²) in [5, 5.41) is 9.98. The lowest BCUT2D eigenvalue weighted by molar-refractivity contribution is -0.143. The Kier molecular flexibility index (Phi) is 4.78. The van der Waals surface area contributed by atoms with Crippen molar-refractivity contribution in [2.75, 3.05) is 26.7 Å². The summed E-state index contributed by atoms with van der Waals surface area (Å²) < 4.78 is 4.93. The zero-order chi connectivity index (χ0) is 14.6. The summed E-state index contributed by atoms with van der Waals surface area (Å²) in [6, 6.07) is 9.73. The molecule has 0 radical (unpaired) electrons. The van der Waals surface area contributed by atoms with E-state index in [2.05, 4.69) is 4.90 Å². The third-order valence-corrected chi connectivity index (χ3v) is 4.06. The molecule has 0 amide bonds.